The minimum absolute atomic E-state index is 0. The van der Waals surface area contributed by atoms with Crippen LogP contribution in [0, 0.1) is 5.92 Å². The third kappa shape index (κ3) is 4.33. The smallest absolute Gasteiger partial charge is 0.243 e. The highest BCUT2D eigenvalue weighted by molar-refractivity contribution is 5.85. The highest BCUT2D eigenvalue weighted by Gasteiger charge is 2.17. The summed E-state index contributed by atoms with van der Waals surface area (Å²) >= 11 is 0. The number of nitrogens with two attached hydrogens (primary N) is 1. The van der Waals surface area contributed by atoms with Gasteiger partial charge in [0.25, 0.3) is 0 Å². The number of benzene rings is 1. The van der Waals surface area contributed by atoms with E-state index in [0.717, 1.165) is 18.7 Å². The molecule has 0 radical (unpaired) electrons. The van der Waals surface area contributed by atoms with Gasteiger partial charge in [0.1, 0.15) is 0 Å². The minimum atomic E-state index is -0.178. The Balaban J connectivity index is 0.00000180. The Morgan fingerprint density at radius 1 is 1.16 bits per heavy atom. The van der Waals surface area contributed by atoms with E-state index in [1.54, 1.807) is 0 Å². The van der Waals surface area contributed by atoms with Crippen molar-refractivity contribution < 1.29 is 4.52 Å². The van der Waals surface area contributed by atoms with Crippen LogP contribution in [-0.4, -0.2) is 10.1 Å². The summed E-state index contributed by atoms with van der Waals surface area (Å²) in [5.41, 5.74) is 7.24. The van der Waals surface area contributed by atoms with Gasteiger partial charge in [-0.3, -0.25) is 0 Å². The molecule has 5 heteroatoms. The fourth-order valence-corrected chi connectivity index (χ4v) is 1.69. The number of rotatable bonds is 5. The van der Waals surface area contributed by atoms with Crippen LogP contribution >= 0.6 is 12.4 Å². The van der Waals surface area contributed by atoms with Gasteiger partial charge in [0.15, 0.2) is 5.82 Å². The second-order valence-electron chi connectivity index (χ2n) is 4.80. The van der Waals surface area contributed by atoms with Crippen LogP contribution < -0.4 is 5.73 Å². The Hall–Kier alpha value is -1.39. The van der Waals surface area contributed by atoms with E-state index in [1.807, 2.05) is 32.0 Å². The highest BCUT2D eigenvalue weighted by Crippen LogP contribution is 2.17. The largest absolute Gasteiger partial charge is 0.338 e. The predicted octanol–water partition coefficient (Wildman–Crippen LogP) is 2.93. The SMILES string of the molecule is CC(C)[C@H](N)c1nc(CCc2ccccc2)no1.Cl. The van der Waals surface area contributed by atoms with E-state index < -0.39 is 0 Å². The summed E-state index contributed by atoms with van der Waals surface area (Å²) in [6.07, 6.45) is 1.69. The van der Waals surface area contributed by atoms with Crippen LogP contribution in [0.25, 0.3) is 0 Å². The van der Waals surface area contributed by atoms with Crippen LogP contribution in [0.15, 0.2) is 34.9 Å². The van der Waals surface area contributed by atoms with Crippen LogP contribution in [0.1, 0.15) is 37.2 Å². The quantitative estimate of drug-likeness (QED) is 0.915. The summed E-state index contributed by atoms with van der Waals surface area (Å²) in [5.74, 6) is 1.56. The molecule has 1 aromatic carbocycles. The maximum absolute atomic E-state index is 5.96. The lowest BCUT2D eigenvalue weighted by Gasteiger charge is -2.09. The van der Waals surface area contributed by atoms with Gasteiger partial charge >= 0.3 is 0 Å². The lowest BCUT2D eigenvalue weighted by molar-refractivity contribution is 0.322. The normalized spacial score (nSPS) is 12.2. The van der Waals surface area contributed by atoms with Gasteiger partial charge in [-0.1, -0.05) is 49.3 Å². The lowest BCUT2D eigenvalue weighted by atomic mass is 10.1. The predicted molar refractivity (Wildman–Crippen MR) is 77.2 cm³/mol. The van der Waals surface area contributed by atoms with Crippen LogP contribution in [-0.2, 0) is 12.8 Å². The van der Waals surface area contributed by atoms with Crippen LogP contribution in [0.3, 0.4) is 0 Å². The summed E-state index contributed by atoms with van der Waals surface area (Å²) in [6.45, 7) is 4.08. The number of hydrogen-bond acceptors (Lipinski definition) is 4. The zero-order chi connectivity index (χ0) is 13.0. The first-order chi connectivity index (χ1) is 8.66. The van der Waals surface area contributed by atoms with Crippen molar-refractivity contribution in [3.63, 3.8) is 0 Å². The molecule has 0 aliphatic heterocycles. The lowest BCUT2D eigenvalue weighted by Crippen LogP contribution is -2.17. The summed E-state index contributed by atoms with van der Waals surface area (Å²) in [7, 11) is 0. The van der Waals surface area contributed by atoms with Crippen LogP contribution in [0.5, 0.6) is 0 Å². The molecular weight excluding hydrogens is 262 g/mol. The molecule has 2 rings (SSSR count). The molecule has 0 bridgehead atoms. The number of aromatic nitrogens is 2. The zero-order valence-electron chi connectivity index (χ0n) is 11.2. The Morgan fingerprint density at radius 3 is 2.47 bits per heavy atom. The molecular formula is C14H20ClN3O. The molecule has 104 valence electrons. The Bertz CT molecular complexity index is 484. The van der Waals surface area contributed by atoms with Crippen LogP contribution in [0.4, 0.5) is 0 Å². The Labute approximate surface area is 119 Å². The topological polar surface area (TPSA) is 64.9 Å². The minimum Gasteiger partial charge on any atom is -0.338 e. The van der Waals surface area contributed by atoms with E-state index >= 15 is 0 Å². The molecule has 0 aliphatic carbocycles. The summed E-state index contributed by atoms with van der Waals surface area (Å²) in [6, 6.07) is 10.1. The first-order valence-corrected chi connectivity index (χ1v) is 6.29. The van der Waals surface area contributed by atoms with E-state index in [9.17, 15) is 0 Å². The molecule has 19 heavy (non-hydrogen) atoms. The number of halogens is 1. The number of nitrogens with zero attached hydrogens (tertiary/aromatic N) is 2. The van der Waals surface area contributed by atoms with Gasteiger partial charge in [0, 0.05) is 6.42 Å². The Morgan fingerprint density at radius 2 is 1.84 bits per heavy atom. The summed E-state index contributed by atoms with van der Waals surface area (Å²) in [4.78, 5) is 4.34. The maximum atomic E-state index is 5.96. The van der Waals surface area contributed by atoms with Crippen molar-refractivity contribution in [3.8, 4) is 0 Å². The van der Waals surface area contributed by atoms with E-state index in [1.165, 1.54) is 5.56 Å². The first-order valence-electron chi connectivity index (χ1n) is 6.29. The van der Waals surface area contributed by atoms with Crippen LogP contribution in [0.2, 0.25) is 0 Å². The number of aryl methyl sites for hydroxylation is 2. The average molecular weight is 282 g/mol. The number of hydrogen-bond donors (Lipinski definition) is 1. The van der Waals surface area contributed by atoms with Crippen molar-refractivity contribution in [2.24, 2.45) is 11.7 Å². The van der Waals surface area contributed by atoms with Crippen molar-refractivity contribution in [3.05, 3.63) is 47.6 Å². The maximum Gasteiger partial charge on any atom is 0.243 e. The van der Waals surface area contributed by atoms with Gasteiger partial charge < -0.3 is 10.3 Å². The van der Waals surface area contributed by atoms with E-state index in [0.29, 0.717) is 11.8 Å². The molecule has 0 unspecified atom stereocenters. The first kappa shape index (κ1) is 15.7. The molecule has 1 aromatic heterocycles. The second kappa shape index (κ2) is 7.26. The van der Waals surface area contributed by atoms with Crippen molar-refractivity contribution in [2.75, 3.05) is 0 Å². The molecule has 2 aromatic rings. The standard InChI is InChI=1S/C14H19N3O.ClH/c1-10(2)13(15)14-16-12(17-18-14)9-8-11-6-4-3-5-7-11;/h3-7,10,13H,8-9,15H2,1-2H3;1H/t13-;/m0./s1. The molecule has 0 saturated heterocycles. The van der Waals surface area contributed by atoms with E-state index in [4.69, 9.17) is 10.3 Å². The molecule has 1 atom stereocenters. The molecule has 0 fully saturated rings. The van der Waals surface area contributed by atoms with Gasteiger partial charge in [-0.05, 0) is 17.9 Å². The zero-order valence-corrected chi connectivity index (χ0v) is 12.1. The molecule has 0 saturated carbocycles. The molecule has 0 spiro atoms. The fraction of sp³-hybridized carbons (Fsp3) is 0.429. The van der Waals surface area contributed by atoms with Crippen molar-refractivity contribution in [1.29, 1.82) is 0 Å². The second-order valence-corrected chi connectivity index (χ2v) is 4.80. The van der Waals surface area contributed by atoms with E-state index in [-0.39, 0.29) is 18.4 Å². The third-order valence-corrected chi connectivity index (χ3v) is 2.97. The molecule has 2 N–H and O–H groups in total. The molecule has 4 nitrogen and oxygen atoms in total. The van der Waals surface area contributed by atoms with Crippen molar-refractivity contribution >= 4 is 12.4 Å². The van der Waals surface area contributed by atoms with Gasteiger partial charge in [-0.2, -0.15) is 4.98 Å². The average Bonchev–Trinajstić information content (AvgIpc) is 2.85. The van der Waals surface area contributed by atoms with Gasteiger partial charge in [-0.25, -0.2) is 0 Å². The molecule has 0 aliphatic rings. The highest BCUT2D eigenvalue weighted by atomic mass is 35.5. The fourth-order valence-electron chi connectivity index (χ4n) is 1.69. The summed E-state index contributed by atoms with van der Waals surface area (Å²) in [5, 5.41) is 3.97. The monoisotopic (exact) mass is 281 g/mol. The van der Waals surface area contributed by atoms with E-state index in [2.05, 4.69) is 22.3 Å². The molecule has 0 amide bonds. The third-order valence-electron chi connectivity index (χ3n) is 2.97. The van der Waals surface area contributed by atoms with Gasteiger partial charge in [0.2, 0.25) is 5.89 Å². The van der Waals surface area contributed by atoms with Gasteiger partial charge in [0.05, 0.1) is 6.04 Å². The van der Waals surface area contributed by atoms with Crippen molar-refractivity contribution in [1.82, 2.24) is 10.1 Å². The Kier molecular flexibility index (Phi) is 5.99. The molecule has 1 heterocycles. The van der Waals surface area contributed by atoms with Gasteiger partial charge in [-0.15, -0.1) is 12.4 Å². The summed E-state index contributed by atoms with van der Waals surface area (Å²) < 4.78 is 5.19. The van der Waals surface area contributed by atoms with Crippen molar-refractivity contribution in [2.45, 2.75) is 32.7 Å².